The minimum atomic E-state index is -0.442. The van der Waals surface area contributed by atoms with Crippen LogP contribution in [0, 0.1) is 0 Å². The van der Waals surface area contributed by atoms with E-state index in [0.29, 0.717) is 5.56 Å². The number of carbonyl (C=O) groups is 1. The Hall–Kier alpha value is -1.77. The van der Waals surface area contributed by atoms with Crippen molar-refractivity contribution in [1.29, 1.82) is 0 Å². The number of aromatic amines is 1. The van der Waals surface area contributed by atoms with Gasteiger partial charge in [-0.3, -0.25) is 4.79 Å². The molecule has 0 aliphatic carbocycles. The lowest BCUT2D eigenvalue weighted by molar-refractivity contribution is 0.1000. The van der Waals surface area contributed by atoms with Crippen LogP contribution in [-0.2, 0) is 0 Å². The molecule has 1 aromatic heterocycles. The van der Waals surface area contributed by atoms with Gasteiger partial charge in [-0.2, -0.15) is 0 Å². The average Bonchev–Trinajstić information content (AvgIpc) is 2.15. The van der Waals surface area contributed by atoms with Crippen molar-refractivity contribution in [3.8, 4) is 0 Å². The van der Waals surface area contributed by atoms with Gasteiger partial charge in [-0.1, -0.05) is 18.2 Å². The summed E-state index contributed by atoms with van der Waals surface area (Å²) in [6.07, 6.45) is 3.27. The van der Waals surface area contributed by atoms with Gasteiger partial charge in [0.25, 0.3) is 0 Å². The fourth-order valence-electron chi connectivity index (χ4n) is 0.738. The highest BCUT2D eigenvalue weighted by molar-refractivity contribution is 5.92. The van der Waals surface area contributed by atoms with E-state index in [-0.39, 0.29) is 0 Å². The first kappa shape index (κ1) is 8.33. The summed E-state index contributed by atoms with van der Waals surface area (Å²) in [5, 5.41) is 0. The Morgan fingerprint density at radius 1 is 1.25 bits per heavy atom. The molecular formula is C9H10N2O. The van der Waals surface area contributed by atoms with Gasteiger partial charge in [-0.25, -0.2) is 0 Å². The second-order valence-electron chi connectivity index (χ2n) is 2.23. The maximum atomic E-state index is 10.7. The largest absolute Gasteiger partial charge is 0.367 e. The molecular weight excluding hydrogens is 152 g/mol. The Labute approximate surface area is 70.5 Å². The standard InChI is InChI=1S/C9H10N2O/c10-9(12)8-5-3-1-2-4-6-11-7-8/h1-7,11H,(H2,10,12). The molecule has 0 aliphatic rings. The number of aromatic nitrogens is 1. The summed E-state index contributed by atoms with van der Waals surface area (Å²) in [5.74, 6) is -0.442. The predicted octanol–water partition coefficient (Wildman–Crippen LogP) is 1.24. The molecule has 0 atom stereocenters. The van der Waals surface area contributed by atoms with Crippen LogP contribution in [0.1, 0.15) is 10.4 Å². The maximum Gasteiger partial charge on any atom is 0.250 e. The lowest BCUT2D eigenvalue weighted by atomic mass is 10.3. The van der Waals surface area contributed by atoms with Crippen molar-refractivity contribution in [2.45, 2.75) is 0 Å². The van der Waals surface area contributed by atoms with Crippen LogP contribution in [0.5, 0.6) is 0 Å². The van der Waals surface area contributed by atoms with Gasteiger partial charge in [-0.15, -0.1) is 0 Å². The van der Waals surface area contributed by atoms with E-state index < -0.39 is 5.91 Å². The smallest absolute Gasteiger partial charge is 0.250 e. The molecule has 12 heavy (non-hydrogen) atoms. The third kappa shape index (κ3) is 2.46. The van der Waals surface area contributed by atoms with Crippen LogP contribution in [0.25, 0.3) is 0 Å². The Bertz CT molecular complexity index is 292. The summed E-state index contributed by atoms with van der Waals surface area (Å²) in [6.45, 7) is 0. The van der Waals surface area contributed by atoms with Gasteiger partial charge in [0.15, 0.2) is 0 Å². The zero-order valence-corrected chi connectivity index (χ0v) is 6.53. The van der Waals surface area contributed by atoms with E-state index in [2.05, 4.69) is 4.98 Å². The molecule has 1 heterocycles. The molecule has 0 radical (unpaired) electrons. The molecule has 3 N–H and O–H groups in total. The first-order valence-electron chi connectivity index (χ1n) is 3.56. The maximum absolute atomic E-state index is 10.7. The zero-order valence-electron chi connectivity index (χ0n) is 6.53. The quantitative estimate of drug-likeness (QED) is 0.641. The van der Waals surface area contributed by atoms with Crippen LogP contribution in [0.4, 0.5) is 0 Å². The van der Waals surface area contributed by atoms with Crippen molar-refractivity contribution in [2.24, 2.45) is 5.73 Å². The number of hydrogen-bond donors (Lipinski definition) is 2. The summed E-state index contributed by atoms with van der Waals surface area (Å²) < 4.78 is 0. The van der Waals surface area contributed by atoms with Crippen molar-refractivity contribution in [3.63, 3.8) is 0 Å². The summed E-state index contributed by atoms with van der Waals surface area (Å²) >= 11 is 0. The predicted molar refractivity (Wildman–Crippen MR) is 46.9 cm³/mol. The van der Waals surface area contributed by atoms with E-state index in [1.165, 1.54) is 0 Å². The summed E-state index contributed by atoms with van der Waals surface area (Å²) in [4.78, 5) is 13.6. The van der Waals surface area contributed by atoms with Crippen molar-refractivity contribution in [2.75, 3.05) is 0 Å². The van der Waals surface area contributed by atoms with Crippen LogP contribution in [0.3, 0.4) is 0 Å². The first-order valence-corrected chi connectivity index (χ1v) is 3.56. The number of rotatable bonds is 1. The Morgan fingerprint density at radius 3 is 2.75 bits per heavy atom. The Balaban J connectivity index is 3.19. The molecule has 0 saturated carbocycles. The third-order valence-electron chi connectivity index (χ3n) is 1.32. The lowest BCUT2D eigenvalue weighted by Gasteiger charge is -1.86. The van der Waals surface area contributed by atoms with Gasteiger partial charge in [0.2, 0.25) is 5.91 Å². The molecule has 0 aliphatic heterocycles. The molecule has 0 unspecified atom stereocenters. The van der Waals surface area contributed by atoms with E-state index >= 15 is 0 Å². The Kier molecular flexibility index (Phi) is 2.90. The van der Waals surface area contributed by atoms with Gasteiger partial charge >= 0.3 is 0 Å². The molecule has 0 fully saturated rings. The second kappa shape index (κ2) is 4.18. The Morgan fingerprint density at radius 2 is 2.00 bits per heavy atom. The monoisotopic (exact) mass is 162 g/mol. The van der Waals surface area contributed by atoms with Crippen LogP contribution >= 0.6 is 0 Å². The fourth-order valence-corrected chi connectivity index (χ4v) is 0.738. The lowest BCUT2D eigenvalue weighted by Crippen LogP contribution is -2.09. The van der Waals surface area contributed by atoms with E-state index in [0.717, 1.165) is 0 Å². The molecule has 0 spiro atoms. The number of hydrogen-bond acceptors (Lipinski definition) is 1. The first-order chi connectivity index (χ1) is 5.80. The average molecular weight is 162 g/mol. The molecule has 62 valence electrons. The van der Waals surface area contributed by atoms with E-state index in [4.69, 9.17) is 5.73 Å². The molecule has 0 saturated heterocycles. The highest BCUT2D eigenvalue weighted by Crippen LogP contribution is 1.90. The van der Waals surface area contributed by atoms with Crippen molar-refractivity contribution < 1.29 is 4.79 Å². The molecule has 3 heteroatoms. The van der Waals surface area contributed by atoms with Crippen LogP contribution in [-0.4, -0.2) is 10.9 Å². The van der Waals surface area contributed by atoms with E-state index in [9.17, 15) is 4.79 Å². The fraction of sp³-hybridized carbons (Fsp3) is 0. The topological polar surface area (TPSA) is 58.9 Å². The van der Waals surface area contributed by atoms with E-state index in [1.54, 1.807) is 24.5 Å². The van der Waals surface area contributed by atoms with Gasteiger partial charge in [0.1, 0.15) is 0 Å². The zero-order chi connectivity index (χ0) is 8.81. The second-order valence-corrected chi connectivity index (χ2v) is 2.23. The van der Waals surface area contributed by atoms with Crippen LogP contribution in [0.2, 0.25) is 0 Å². The van der Waals surface area contributed by atoms with E-state index in [1.807, 2.05) is 18.2 Å². The molecule has 1 amide bonds. The number of nitrogens with two attached hydrogens (primary N) is 1. The van der Waals surface area contributed by atoms with Gasteiger partial charge < -0.3 is 10.7 Å². The highest BCUT2D eigenvalue weighted by Gasteiger charge is 1.93. The van der Waals surface area contributed by atoms with Crippen LogP contribution < -0.4 is 5.73 Å². The van der Waals surface area contributed by atoms with Gasteiger partial charge in [0, 0.05) is 12.4 Å². The van der Waals surface area contributed by atoms with Crippen molar-refractivity contribution in [3.05, 3.63) is 48.3 Å². The number of nitrogens with one attached hydrogen (secondary N) is 1. The number of amides is 1. The molecule has 0 aromatic carbocycles. The number of primary amides is 1. The normalized spacial score (nSPS) is 8.67. The summed E-state index contributed by atoms with van der Waals surface area (Å²) in [6, 6.07) is 8.90. The molecule has 1 rings (SSSR count). The third-order valence-corrected chi connectivity index (χ3v) is 1.32. The SMILES string of the molecule is NC(=O)c1cccccc[nH]c1. The number of carbonyl (C=O) groups excluding carboxylic acids is 1. The number of H-pyrrole nitrogens is 1. The van der Waals surface area contributed by atoms with Crippen molar-refractivity contribution >= 4 is 5.91 Å². The van der Waals surface area contributed by atoms with Gasteiger partial charge in [0.05, 0.1) is 5.56 Å². The minimum absolute atomic E-state index is 0.442. The molecule has 3 nitrogen and oxygen atoms in total. The summed E-state index contributed by atoms with van der Waals surface area (Å²) in [7, 11) is 0. The molecule has 1 aromatic rings. The van der Waals surface area contributed by atoms with Crippen molar-refractivity contribution in [1.82, 2.24) is 4.98 Å². The minimum Gasteiger partial charge on any atom is -0.367 e. The van der Waals surface area contributed by atoms with Crippen LogP contribution in [0.15, 0.2) is 42.7 Å². The molecule has 0 bridgehead atoms. The van der Waals surface area contributed by atoms with Gasteiger partial charge in [-0.05, 0) is 12.1 Å². The summed E-state index contributed by atoms with van der Waals surface area (Å²) in [5.41, 5.74) is 5.54. The highest BCUT2D eigenvalue weighted by atomic mass is 16.1.